The van der Waals surface area contributed by atoms with E-state index in [-0.39, 0.29) is 33.7 Å². The van der Waals surface area contributed by atoms with Gasteiger partial charge in [0, 0.05) is 13.3 Å². The zero-order chi connectivity index (χ0) is 49.1. The maximum atomic E-state index is 12.4. The number of benzene rings is 2. The number of carbonyl (C=O) groups is 2. The number of phenols is 1. The van der Waals surface area contributed by atoms with Crippen molar-refractivity contribution in [1.82, 2.24) is 0 Å². The van der Waals surface area contributed by atoms with Crippen LogP contribution in [0, 0.1) is 69.0 Å². The van der Waals surface area contributed by atoms with Crippen molar-refractivity contribution in [1.29, 1.82) is 0 Å². The monoisotopic (exact) mass is 945 g/mol. The normalized spacial score (nSPS) is 41.9. The van der Waals surface area contributed by atoms with Crippen molar-refractivity contribution in [2.45, 2.75) is 207 Å². The molecule has 6 fully saturated rings. The molecule has 2 aromatic rings. The fourth-order valence-electron chi connectivity index (χ4n) is 17.8. The second-order valence-corrected chi connectivity index (χ2v) is 25.7. The summed E-state index contributed by atoms with van der Waals surface area (Å²) in [6, 6.07) is 15.6. The Balaban J connectivity index is 0.000000172. The van der Waals surface area contributed by atoms with Gasteiger partial charge in [0.25, 0.3) is 0 Å². The van der Waals surface area contributed by atoms with E-state index in [2.05, 4.69) is 59.8 Å². The van der Waals surface area contributed by atoms with Gasteiger partial charge in [0.15, 0.2) is 5.78 Å². The maximum Gasteiger partial charge on any atom is 0.308 e. The van der Waals surface area contributed by atoms with E-state index in [0.717, 1.165) is 96.3 Å². The summed E-state index contributed by atoms with van der Waals surface area (Å²) in [5.74, 6) is 6.12. The zero-order valence-electron chi connectivity index (χ0n) is 43.5. The molecule has 6 unspecified atom stereocenters. The number of aryl methyl sites for hydroxylation is 2. The molecule has 6 saturated carbocycles. The van der Waals surface area contributed by atoms with Crippen molar-refractivity contribution in [3.8, 4) is 11.5 Å². The quantitative estimate of drug-likeness (QED) is 0.0765. The van der Waals surface area contributed by atoms with Crippen molar-refractivity contribution in [3.05, 3.63) is 83.0 Å². The first kappa shape index (κ1) is 50.7. The number of aliphatic hydroxyl groups excluding tert-OH is 1. The topological polar surface area (TPSA) is 124 Å². The van der Waals surface area contributed by atoms with E-state index in [1.54, 1.807) is 6.07 Å². The molecule has 0 amide bonds. The number of fused-ring (bicyclic) bond motifs is 10. The molecule has 8 aliphatic carbocycles. The van der Waals surface area contributed by atoms with E-state index in [0.29, 0.717) is 71.0 Å². The van der Waals surface area contributed by atoms with Crippen LogP contribution in [0.5, 0.6) is 11.5 Å². The molecule has 0 spiro atoms. The Morgan fingerprint density at radius 2 is 1.16 bits per heavy atom. The summed E-state index contributed by atoms with van der Waals surface area (Å²) in [4.78, 5) is 23.7. The van der Waals surface area contributed by atoms with Gasteiger partial charge in [-0.15, -0.1) is 0 Å². The van der Waals surface area contributed by atoms with Crippen molar-refractivity contribution in [2.24, 2.45) is 69.0 Å². The van der Waals surface area contributed by atoms with Crippen LogP contribution in [0.15, 0.2) is 71.8 Å². The number of aliphatic hydroxyl groups is 3. The largest absolute Gasteiger partial charge is 0.508 e. The Morgan fingerprint density at radius 1 is 0.638 bits per heavy atom. The number of ketones is 1. The third-order valence-electron chi connectivity index (χ3n) is 22.2. The summed E-state index contributed by atoms with van der Waals surface area (Å²) in [5.41, 5.74) is 4.72. The molecule has 7 heteroatoms. The number of allylic oxidation sites excluding steroid dienone is 2. The Morgan fingerprint density at radius 3 is 1.72 bits per heavy atom. The lowest BCUT2D eigenvalue weighted by molar-refractivity contribution is -0.135. The van der Waals surface area contributed by atoms with Crippen molar-refractivity contribution < 1.29 is 34.8 Å². The third-order valence-corrected chi connectivity index (χ3v) is 22.2. The molecule has 0 aromatic heterocycles. The fourth-order valence-corrected chi connectivity index (χ4v) is 17.8. The molecule has 0 radical (unpaired) electrons. The number of rotatable bonds is 11. The first-order valence-electron chi connectivity index (χ1n) is 27.8. The standard InChI is InChI=1S/C32H46O4.C30H42O3/c1-21(33)36-26-11-7-9-22(18-26)8-5-6-10-23-19-24-20-25(34)12-15-30(24,2)27-13-16-31(3)28(29(23)27)14-17-32(31,4)35;1-28-14-11-24(32)19-22(28)18-21(9-5-4-7-20-8-6-10-23(31)17-20)27-25(28)12-15-29(2)26(27)13-16-30(29,3)33/h7,9,11,18,20,23,25,27-29,34-35H,5-6,8,10,12-17,19H2,1-4H3;6,8,10,17,19,21,25-27,31,33H,4-5,7,9,11-16,18H2,1-3H3/t23-,25+,27?,28?,29?,30+,31+,32+;21-,25?,26?,27?,28+,29+,30+/m11/s1. The number of esters is 1. The number of carbonyl (C=O) groups excluding carboxylic acids is 2. The Bertz CT molecular complexity index is 2270. The highest BCUT2D eigenvalue weighted by Crippen LogP contribution is 2.71. The van der Waals surface area contributed by atoms with Crippen molar-refractivity contribution in [2.75, 3.05) is 0 Å². The number of hydrogen-bond acceptors (Lipinski definition) is 7. The maximum absolute atomic E-state index is 12.4. The lowest BCUT2D eigenvalue weighted by atomic mass is 9.44. The van der Waals surface area contributed by atoms with Crippen LogP contribution in [0.25, 0.3) is 0 Å². The van der Waals surface area contributed by atoms with E-state index in [9.17, 15) is 30.0 Å². The molecular weight excluding hydrogens is 857 g/mol. The molecule has 7 nitrogen and oxygen atoms in total. The van der Waals surface area contributed by atoms with Crippen LogP contribution in [0.2, 0.25) is 0 Å². The van der Waals surface area contributed by atoms with Crippen LogP contribution in [0.4, 0.5) is 0 Å². The smallest absolute Gasteiger partial charge is 0.308 e. The molecule has 15 atom stereocenters. The number of phenolic OH excluding ortho intramolecular Hbond substituents is 1. The van der Waals surface area contributed by atoms with Gasteiger partial charge in [-0.05, 0) is 246 Å². The number of unbranched alkanes of at least 4 members (excludes halogenated alkanes) is 2. The molecule has 10 rings (SSSR count). The van der Waals surface area contributed by atoms with Gasteiger partial charge < -0.3 is 25.2 Å². The second-order valence-electron chi connectivity index (χ2n) is 25.7. The van der Waals surface area contributed by atoms with Gasteiger partial charge in [-0.1, -0.05) is 82.0 Å². The van der Waals surface area contributed by atoms with E-state index >= 15 is 0 Å². The van der Waals surface area contributed by atoms with Crippen LogP contribution in [0.3, 0.4) is 0 Å². The number of aromatic hydroxyl groups is 1. The molecule has 69 heavy (non-hydrogen) atoms. The first-order chi connectivity index (χ1) is 32.7. The predicted molar refractivity (Wildman–Crippen MR) is 274 cm³/mol. The van der Waals surface area contributed by atoms with Crippen LogP contribution >= 0.6 is 0 Å². The van der Waals surface area contributed by atoms with Gasteiger partial charge in [0.05, 0.1) is 17.3 Å². The van der Waals surface area contributed by atoms with E-state index in [4.69, 9.17) is 4.74 Å². The highest BCUT2D eigenvalue weighted by molar-refractivity contribution is 5.91. The van der Waals surface area contributed by atoms with Crippen LogP contribution in [0.1, 0.15) is 188 Å². The lowest BCUT2D eigenvalue weighted by Crippen LogP contribution is -2.56. The molecular formula is C62H88O7. The second kappa shape index (κ2) is 19.3. The lowest BCUT2D eigenvalue weighted by Gasteiger charge is -2.61. The summed E-state index contributed by atoms with van der Waals surface area (Å²) in [5, 5.41) is 43.0. The Hall–Kier alpha value is -3.26. The van der Waals surface area contributed by atoms with E-state index in [1.807, 2.05) is 36.4 Å². The van der Waals surface area contributed by atoms with Gasteiger partial charge in [-0.3, -0.25) is 9.59 Å². The number of hydrogen-bond donors (Lipinski definition) is 4. The average Bonchev–Trinajstić information content (AvgIpc) is 3.69. The van der Waals surface area contributed by atoms with E-state index in [1.165, 1.54) is 67.7 Å². The Kier molecular flexibility index (Phi) is 14.2. The highest BCUT2D eigenvalue weighted by atomic mass is 16.5. The summed E-state index contributed by atoms with van der Waals surface area (Å²) >= 11 is 0. The zero-order valence-corrected chi connectivity index (χ0v) is 43.5. The van der Waals surface area contributed by atoms with Gasteiger partial charge in [0.1, 0.15) is 11.5 Å². The molecule has 378 valence electrons. The van der Waals surface area contributed by atoms with E-state index < -0.39 is 11.2 Å². The molecule has 0 heterocycles. The minimum Gasteiger partial charge on any atom is -0.508 e. The van der Waals surface area contributed by atoms with Gasteiger partial charge >= 0.3 is 5.97 Å². The van der Waals surface area contributed by atoms with Crippen molar-refractivity contribution in [3.63, 3.8) is 0 Å². The van der Waals surface area contributed by atoms with Gasteiger partial charge in [-0.2, -0.15) is 0 Å². The molecule has 8 aliphatic rings. The van der Waals surface area contributed by atoms with Gasteiger partial charge in [-0.25, -0.2) is 0 Å². The highest BCUT2D eigenvalue weighted by Gasteiger charge is 2.65. The fraction of sp³-hybridized carbons (Fsp3) is 0.710. The molecule has 2 aromatic carbocycles. The van der Waals surface area contributed by atoms with Gasteiger partial charge in [0.2, 0.25) is 0 Å². The first-order valence-corrected chi connectivity index (χ1v) is 27.8. The molecule has 0 bridgehead atoms. The molecule has 4 N–H and O–H groups in total. The summed E-state index contributed by atoms with van der Waals surface area (Å²) in [6.45, 7) is 15.3. The SMILES string of the molecule is CC(=O)Oc1cccc(CCCC[C@@H]2CC3=C[C@@H](O)CC[C@]3(C)C3CC[C@@]4(C)C(CC[C@]4(C)O)C32)c1.C[C@]12CCC(=O)C=C1C[C@@H](CCCCc1cccc(O)c1)C1C2CC[C@@]2(C)C1CC[C@]2(C)O. The summed E-state index contributed by atoms with van der Waals surface area (Å²) in [7, 11) is 0. The van der Waals surface area contributed by atoms with Crippen LogP contribution in [-0.4, -0.2) is 49.5 Å². The summed E-state index contributed by atoms with van der Waals surface area (Å²) in [6.07, 6.45) is 27.7. The van der Waals surface area contributed by atoms with Crippen LogP contribution in [-0.2, 0) is 22.4 Å². The summed E-state index contributed by atoms with van der Waals surface area (Å²) < 4.78 is 5.26. The Labute approximate surface area is 415 Å². The number of ether oxygens (including phenoxy) is 1. The van der Waals surface area contributed by atoms with Crippen LogP contribution < -0.4 is 4.74 Å². The minimum atomic E-state index is -0.556. The third kappa shape index (κ3) is 9.39. The average molecular weight is 945 g/mol. The molecule has 0 aliphatic heterocycles. The molecule has 0 saturated heterocycles. The minimum absolute atomic E-state index is 0.0231. The predicted octanol–water partition coefficient (Wildman–Crippen LogP) is 13.2. The van der Waals surface area contributed by atoms with Crippen molar-refractivity contribution >= 4 is 11.8 Å².